The lowest BCUT2D eigenvalue weighted by atomic mass is 10.1. The van der Waals surface area contributed by atoms with Gasteiger partial charge in [0.1, 0.15) is 5.75 Å². The van der Waals surface area contributed by atoms with Crippen LogP contribution in [0.25, 0.3) is 6.08 Å². The maximum Gasteiger partial charge on any atom is 0.189 e. The van der Waals surface area contributed by atoms with Crippen LogP contribution in [0.15, 0.2) is 35.7 Å². The van der Waals surface area contributed by atoms with Gasteiger partial charge in [-0.15, -0.1) is 11.3 Å². The first-order chi connectivity index (χ1) is 10.2. The molecule has 1 heterocycles. The number of hydrogen-bond acceptors (Lipinski definition) is 5. The van der Waals surface area contributed by atoms with E-state index in [0.29, 0.717) is 22.8 Å². The van der Waals surface area contributed by atoms with Crippen LogP contribution < -0.4 is 14.2 Å². The molecule has 0 aliphatic rings. The highest BCUT2D eigenvalue weighted by Crippen LogP contribution is 2.35. The van der Waals surface area contributed by atoms with Gasteiger partial charge in [-0.25, -0.2) is 0 Å². The molecule has 0 N–H and O–H groups in total. The van der Waals surface area contributed by atoms with E-state index >= 15 is 0 Å². The van der Waals surface area contributed by atoms with E-state index in [-0.39, 0.29) is 5.78 Å². The normalized spacial score (nSPS) is 10.6. The van der Waals surface area contributed by atoms with E-state index in [2.05, 4.69) is 0 Å². The number of carbonyl (C=O) groups is 1. The minimum atomic E-state index is -0.152. The van der Waals surface area contributed by atoms with Crippen LogP contribution >= 0.6 is 11.3 Å². The molecule has 0 spiro atoms. The first-order valence-corrected chi connectivity index (χ1v) is 7.13. The van der Waals surface area contributed by atoms with E-state index in [1.54, 1.807) is 29.5 Å². The van der Waals surface area contributed by atoms with Crippen LogP contribution in [0.3, 0.4) is 0 Å². The molecule has 0 saturated carbocycles. The summed E-state index contributed by atoms with van der Waals surface area (Å²) >= 11 is 1.57. The third-order valence-corrected chi connectivity index (χ3v) is 3.75. The Balaban J connectivity index is 2.35. The van der Waals surface area contributed by atoms with Gasteiger partial charge in [0.15, 0.2) is 17.3 Å². The Morgan fingerprint density at radius 2 is 1.71 bits per heavy atom. The molecular formula is C16H16O4S. The van der Waals surface area contributed by atoms with E-state index in [1.165, 1.54) is 27.4 Å². The standard InChI is InChI=1S/C16H16O4S/c1-18-14-10-16(20-3)15(19-2)9-12(14)13(17)7-6-11-5-4-8-21-11/h4-10H,1-3H3/b7-6+. The number of ether oxygens (including phenoxy) is 3. The van der Waals surface area contributed by atoms with Gasteiger partial charge in [0.25, 0.3) is 0 Å². The number of thiophene rings is 1. The quantitative estimate of drug-likeness (QED) is 0.603. The monoisotopic (exact) mass is 304 g/mol. The second-order valence-electron chi connectivity index (χ2n) is 4.12. The van der Waals surface area contributed by atoms with Crippen LogP contribution in [0.4, 0.5) is 0 Å². The Morgan fingerprint density at radius 1 is 1.05 bits per heavy atom. The summed E-state index contributed by atoms with van der Waals surface area (Å²) in [7, 11) is 4.58. The zero-order chi connectivity index (χ0) is 15.2. The smallest absolute Gasteiger partial charge is 0.189 e. The molecule has 110 valence electrons. The molecule has 2 aromatic rings. The van der Waals surface area contributed by atoms with Crippen molar-refractivity contribution in [1.82, 2.24) is 0 Å². The van der Waals surface area contributed by atoms with Crippen LogP contribution in [0.5, 0.6) is 17.2 Å². The van der Waals surface area contributed by atoms with E-state index in [4.69, 9.17) is 14.2 Å². The summed E-state index contributed by atoms with van der Waals surface area (Å²) in [6.07, 6.45) is 3.30. The first-order valence-electron chi connectivity index (χ1n) is 6.25. The molecule has 1 aromatic heterocycles. The first kappa shape index (κ1) is 15.1. The van der Waals surface area contributed by atoms with Crippen molar-refractivity contribution < 1.29 is 19.0 Å². The van der Waals surface area contributed by atoms with Gasteiger partial charge in [0, 0.05) is 10.9 Å². The maximum absolute atomic E-state index is 12.3. The van der Waals surface area contributed by atoms with E-state index in [9.17, 15) is 4.79 Å². The van der Waals surface area contributed by atoms with Gasteiger partial charge in [-0.1, -0.05) is 6.07 Å². The largest absolute Gasteiger partial charge is 0.496 e. The number of ketones is 1. The SMILES string of the molecule is COc1cc(OC)c(C(=O)/C=C/c2cccs2)cc1OC. The summed E-state index contributed by atoms with van der Waals surface area (Å²) in [4.78, 5) is 13.3. The van der Waals surface area contributed by atoms with E-state index < -0.39 is 0 Å². The van der Waals surface area contributed by atoms with Crippen LogP contribution in [0, 0.1) is 0 Å². The van der Waals surface area contributed by atoms with Gasteiger partial charge in [-0.05, 0) is 29.7 Å². The summed E-state index contributed by atoms with van der Waals surface area (Å²) in [6.45, 7) is 0. The Hall–Kier alpha value is -2.27. The molecule has 0 aliphatic heterocycles. The zero-order valence-corrected chi connectivity index (χ0v) is 12.9. The summed E-state index contributed by atoms with van der Waals surface area (Å²) < 4.78 is 15.7. The average Bonchev–Trinajstić information content (AvgIpc) is 3.04. The average molecular weight is 304 g/mol. The van der Waals surface area contributed by atoms with Crippen LogP contribution in [-0.4, -0.2) is 27.1 Å². The molecule has 1 aromatic carbocycles. The predicted octanol–water partition coefficient (Wildman–Crippen LogP) is 3.67. The summed E-state index contributed by atoms with van der Waals surface area (Å²) in [6, 6.07) is 7.15. The minimum absolute atomic E-state index is 0.152. The number of carbonyl (C=O) groups excluding carboxylic acids is 1. The highest BCUT2D eigenvalue weighted by Gasteiger charge is 2.15. The van der Waals surface area contributed by atoms with Crippen molar-refractivity contribution in [1.29, 1.82) is 0 Å². The van der Waals surface area contributed by atoms with Crippen LogP contribution in [0.2, 0.25) is 0 Å². The third-order valence-electron chi connectivity index (χ3n) is 2.91. The van der Waals surface area contributed by atoms with E-state index in [1.807, 2.05) is 17.5 Å². The van der Waals surface area contributed by atoms with Crippen LogP contribution in [-0.2, 0) is 0 Å². The van der Waals surface area contributed by atoms with Crippen molar-refractivity contribution >= 4 is 23.2 Å². The highest BCUT2D eigenvalue weighted by atomic mass is 32.1. The Labute approximate surface area is 127 Å². The fourth-order valence-corrected chi connectivity index (χ4v) is 2.47. The number of rotatable bonds is 6. The van der Waals surface area contributed by atoms with Crippen molar-refractivity contribution in [3.63, 3.8) is 0 Å². The lowest BCUT2D eigenvalue weighted by Gasteiger charge is -2.12. The number of methoxy groups -OCH3 is 3. The number of benzene rings is 1. The molecule has 21 heavy (non-hydrogen) atoms. The molecule has 0 fully saturated rings. The van der Waals surface area contributed by atoms with Crippen molar-refractivity contribution in [2.75, 3.05) is 21.3 Å². The Kier molecular flexibility index (Phi) is 5.00. The Morgan fingerprint density at radius 3 is 2.29 bits per heavy atom. The van der Waals surface area contributed by atoms with Gasteiger partial charge in [0.2, 0.25) is 0 Å². The third kappa shape index (κ3) is 3.44. The second kappa shape index (κ2) is 6.95. The molecule has 0 amide bonds. The lowest BCUT2D eigenvalue weighted by Crippen LogP contribution is -2.01. The highest BCUT2D eigenvalue weighted by molar-refractivity contribution is 7.10. The second-order valence-corrected chi connectivity index (χ2v) is 5.10. The summed E-state index contributed by atoms with van der Waals surface area (Å²) in [5.74, 6) is 1.31. The topological polar surface area (TPSA) is 44.8 Å². The summed E-state index contributed by atoms with van der Waals surface area (Å²) in [5, 5.41) is 1.96. The van der Waals surface area contributed by atoms with Crippen molar-refractivity contribution in [3.05, 3.63) is 46.2 Å². The fraction of sp³-hybridized carbons (Fsp3) is 0.188. The van der Waals surface area contributed by atoms with E-state index in [0.717, 1.165) is 4.88 Å². The maximum atomic E-state index is 12.3. The van der Waals surface area contributed by atoms with Gasteiger partial charge >= 0.3 is 0 Å². The van der Waals surface area contributed by atoms with Gasteiger partial charge in [-0.2, -0.15) is 0 Å². The molecule has 5 heteroatoms. The van der Waals surface area contributed by atoms with Crippen molar-refractivity contribution in [2.45, 2.75) is 0 Å². The molecular weight excluding hydrogens is 288 g/mol. The number of hydrogen-bond donors (Lipinski definition) is 0. The molecule has 4 nitrogen and oxygen atoms in total. The molecule has 0 radical (unpaired) electrons. The van der Waals surface area contributed by atoms with Crippen LogP contribution in [0.1, 0.15) is 15.2 Å². The molecule has 0 saturated heterocycles. The van der Waals surface area contributed by atoms with Gasteiger partial charge < -0.3 is 14.2 Å². The van der Waals surface area contributed by atoms with Crippen molar-refractivity contribution in [3.8, 4) is 17.2 Å². The predicted molar refractivity (Wildman–Crippen MR) is 83.8 cm³/mol. The number of allylic oxidation sites excluding steroid dienone is 1. The zero-order valence-electron chi connectivity index (χ0n) is 12.1. The molecule has 0 aliphatic carbocycles. The lowest BCUT2D eigenvalue weighted by molar-refractivity contribution is 0.104. The molecule has 0 atom stereocenters. The van der Waals surface area contributed by atoms with Crippen molar-refractivity contribution in [2.24, 2.45) is 0 Å². The molecule has 0 bridgehead atoms. The van der Waals surface area contributed by atoms with Gasteiger partial charge in [0.05, 0.1) is 26.9 Å². The molecule has 2 rings (SSSR count). The minimum Gasteiger partial charge on any atom is -0.496 e. The molecule has 0 unspecified atom stereocenters. The fourth-order valence-electron chi connectivity index (χ4n) is 1.86. The summed E-state index contributed by atoms with van der Waals surface area (Å²) in [5.41, 5.74) is 0.433. The Bertz CT molecular complexity index is 645. The van der Waals surface area contributed by atoms with Gasteiger partial charge in [-0.3, -0.25) is 4.79 Å².